The second-order valence-electron chi connectivity index (χ2n) is 5.37. The summed E-state index contributed by atoms with van der Waals surface area (Å²) in [6.45, 7) is 4.49. The van der Waals surface area contributed by atoms with Crippen LogP contribution >= 0.6 is 0 Å². The predicted molar refractivity (Wildman–Crippen MR) is 72.5 cm³/mol. The van der Waals surface area contributed by atoms with Crippen LogP contribution in [0.2, 0.25) is 0 Å². The summed E-state index contributed by atoms with van der Waals surface area (Å²) in [5.74, 6) is 0.549. The van der Waals surface area contributed by atoms with E-state index in [1.807, 2.05) is 0 Å². The van der Waals surface area contributed by atoms with E-state index in [2.05, 4.69) is 38.1 Å². The number of hydrogen-bond donors (Lipinski definition) is 0. The van der Waals surface area contributed by atoms with Gasteiger partial charge in [0.05, 0.1) is 5.52 Å². The van der Waals surface area contributed by atoms with Crippen LogP contribution in [0, 0.1) is 0 Å². The zero-order valence-electron chi connectivity index (χ0n) is 10.7. The summed E-state index contributed by atoms with van der Waals surface area (Å²) in [5.41, 5.74) is 5.43. The molecule has 0 spiro atoms. The maximum Gasteiger partial charge on any atom is 0.0740 e. The molecule has 1 nitrogen and oxygen atoms in total. The molecule has 0 saturated heterocycles. The van der Waals surface area contributed by atoms with E-state index in [0.717, 1.165) is 6.42 Å². The van der Waals surface area contributed by atoms with Crippen LogP contribution in [0.4, 0.5) is 0 Å². The molecule has 88 valence electrons. The van der Waals surface area contributed by atoms with Gasteiger partial charge < -0.3 is 0 Å². The molecule has 0 aliphatic heterocycles. The zero-order valence-corrected chi connectivity index (χ0v) is 10.7. The van der Waals surface area contributed by atoms with Gasteiger partial charge >= 0.3 is 0 Å². The number of aryl methyl sites for hydroxylation is 2. The van der Waals surface area contributed by atoms with Gasteiger partial charge in [-0.3, -0.25) is 4.98 Å². The molecule has 0 unspecified atom stereocenters. The van der Waals surface area contributed by atoms with Gasteiger partial charge in [-0.15, -0.1) is 0 Å². The van der Waals surface area contributed by atoms with E-state index in [1.54, 1.807) is 0 Å². The molecule has 1 heteroatoms. The minimum Gasteiger partial charge on any atom is -0.252 e. The van der Waals surface area contributed by atoms with E-state index < -0.39 is 0 Å². The molecule has 1 aliphatic carbocycles. The molecule has 3 rings (SSSR count). The molecule has 1 aromatic heterocycles. The Bertz CT molecular complexity index is 555. The SMILES string of the molecule is CC(C)c1cccc2cc3c(nc12)CCCC3. The molecule has 1 heterocycles. The van der Waals surface area contributed by atoms with Gasteiger partial charge in [-0.25, -0.2) is 0 Å². The Hall–Kier alpha value is -1.37. The number of pyridine rings is 1. The number of benzene rings is 1. The van der Waals surface area contributed by atoms with Gasteiger partial charge in [0, 0.05) is 11.1 Å². The van der Waals surface area contributed by atoms with Crippen LogP contribution in [-0.2, 0) is 12.8 Å². The predicted octanol–water partition coefficient (Wildman–Crippen LogP) is 4.24. The van der Waals surface area contributed by atoms with Gasteiger partial charge in [-0.05, 0) is 48.8 Å². The van der Waals surface area contributed by atoms with E-state index in [4.69, 9.17) is 4.98 Å². The third-order valence-electron chi connectivity index (χ3n) is 3.78. The summed E-state index contributed by atoms with van der Waals surface area (Å²) < 4.78 is 0. The Kier molecular flexibility index (Phi) is 2.62. The number of para-hydroxylation sites is 1. The van der Waals surface area contributed by atoms with Gasteiger partial charge in [0.25, 0.3) is 0 Å². The van der Waals surface area contributed by atoms with Crippen molar-refractivity contribution in [2.75, 3.05) is 0 Å². The molecule has 0 saturated carbocycles. The van der Waals surface area contributed by atoms with Crippen molar-refractivity contribution in [3.63, 3.8) is 0 Å². The van der Waals surface area contributed by atoms with Crippen molar-refractivity contribution in [2.24, 2.45) is 0 Å². The highest BCUT2D eigenvalue weighted by molar-refractivity contribution is 5.83. The minimum absolute atomic E-state index is 0.549. The Morgan fingerprint density at radius 1 is 1.12 bits per heavy atom. The Morgan fingerprint density at radius 2 is 1.94 bits per heavy atom. The third-order valence-corrected chi connectivity index (χ3v) is 3.78. The lowest BCUT2D eigenvalue weighted by atomic mass is 9.92. The standard InChI is InChI=1S/C16H19N/c1-11(2)14-8-5-7-13-10-12-6-3-4-9-15(12)17-16(13)14/h5,7-8,10-11H,3-4,6,9H2,1-2H3. The maximum absolute atomic E-state index is 4.94. The molecule has 0 radical (unpaired) electrons. The summed E-state index contributed by atoms with van der Waals surface area (Å²) in [6, 6.07) is 8.94. The molecule has 0 N–H and O–H groups in total. The number of aromatic nitrogens is 1. The lowest BCUT2D eigenvalue weighted by molar-refractivity contribution is 0.671. The van der Waals surface area contributed by atoms with Crippen LogP contribution in [0.5, 0.6) is 0 Å². The second kappa shape index (κ2) is 4.14. The van der Waals surface area contributed by atoms with E-state index in [9.17, 15) is 0 Å². The largest absolute Gasteiger partial charge is 0.252 e. The van der Waals surface area contributed by atoms with Crippen molar-refractivity contribution in [1.29, 1.82) is 0 Å². The summed E-state index contributed by atoms with van der Waals surface area (Å²) in [4.78, 5) is 4.94. The van der Waals surface area contributed by atoms with Crippen LogP contribution in [0.1, 0.15) is 49.4 Å². The fourth-order valence-corrected chi connectivity index (χ4v) is 2.81. The van der Waals surface area contributed by atoms with Gasteiger partial charge in [-0.1, -0.05) is 32.0 Å². The molecular formula is C16H19N. The van der Waals surface area contributed by atoms with Crippen LogP contribution in [-0.4, -0.2) is 4.98 Å². The number of hydrogen-bond acceptors (Lipinski definition) is 1. The Morgan fingerprint density at radius 3 is 2.76 bits per heavy atom. The summed E-state index contributed by atoms with van der Waals surface area (Å²) >= 11 is 0. The van der Waals surface area contributed by atoms with Crippen molar-refractivity contribution in [2.45, 2.75) is 45.4 Å². The molecule has 0 fully saturated rings. The van der Waals surface area contributed by atoms with Gasteiger partial charge in [-0.2, -0.15) is 0 Å². The number of rotatable bonds is 1. The highest BCUT2D eigenvalue weighted by atomic mass is 14.7. The molecule has 0 atom stereocenters. The molecule has 17 heavy (non-hydrogen) atoms. The van der Waals surface area contributed by atoms with Gasteiger partial charge in [0.15, 0.2) is 0 Å². The smallest absolute Gasteiger partial charge is 0.0740 e. The highest BCUT2D eigenvalue weighted by Gasteiger charge is 2.14. The fraction of sp³-hybridized carbons (Fsp3) is 0.438. The van der Waals surface area contributed by atoms with Gasteiger partial charge in [0.1, 0.15) is 0 Å². The first-order valence-electron chi connectivity index (χ1n) is 6.67. The summed E-state index contributed by atoms with van der Waals surface area (Å²) in [7, 11) is 0. The minimum atomic E-state index is 0.549. The lowest BCUT2D eigenvalue weighted by Gasteiger charge is -2.17. The van der Waals surface area contributed by atoms with E-state index >= 15 is 0 Å². The van der Waals surface area contributed by atoms with Crippen molar-refractivity contribution < 1.29 is 0 Å². The van der Waals surface area contributed by atoms with Crippen molar-refractivity contribution >= 4 is 10.9 Å². The van der Waals surface area contributed by atoms with Crippen LogP contribution < -0.4 is 0 Å². The number of fused-ring (bicyclic) bond motifs is 2. The average Bonchev–Trinajstić information content (AvgIpc) is 2.35. The highest BCUT2D eigenvalue weighted by Crippen LogP contribution is 2.28. The van der Waals surface area contributed by atoms with E-state index in [-0.39, 0.29) is 0 Å². The quantitative estimate of drug-likeness (QED) is 0.707. The van der Waals surface area contributed by atoms with Crippen LogP contribution in [0.25, 0.3) is 10.9 Å². The topological polar surface area (TPSA) is 12.9 Å². The van der Waals surface area contributed by atoms with E-state index in [0.29, 0.717) is 5.92 Å². The van der Waals surface area contributed by atoms with E-state index in [1.165, 1.54) is 47.0 Å². The van der Waals surface area contributed by atoms with Crippen LogP contribution in [0.3, 0.4) is 0 Å². The van der Waals surface area contributed by atoms with Crippen molar-refractivity contribution in [3.8, 4) is 0 Å². The molecule has 1 aromatic carbocycles. The third kappa shape index (κ3) is 1.84. The first-order chi connectivity index (χ1) is 8.25. The molecule has 2 aromatic rings. The maximum atomic E-state index is 4.94. The molecule has 1 aliphatic rings. The molecular weight excluding hydrogens is 206 g/mol. The summed E-state index contributed by atoms with van der Waals surface area (Å²) in [6.07, 6.45) is 5.00. The second-order valence-corrected chi connectivity index (χ2v) is 5.37. The Balaban J connectivity index is 2.26. The van der Waals surface area contributed by atoms with Crippen molar-refractivity contribution in [3.05, 3.63) is 41.1 Å². The summed E-state index contributed by atoms with van der Waals surface area (Å²) in [5, 5.41) is 1.32. The normalized spacial score (nSPS) is 15.2. The monoisotopic (exact) mass is 225 g/mol. The molecule has 0 bridgehead atoms. The first kappa shape index (κ1) is 10.8. The lowest BCUT2D eigenvalue weighted by Crippen LogP contribution is -2.06. The van der Waals surface area contributed by atoms with Crippen molar-refractivity contribution in [1.82, 2.24) is 4.98 Å². The van der Waals surface area contributed by atoms with Crippen LogP contribution in [0.15, 0.2) is 24.3 Å². The van der Waals surface area contributed by atoms with Gasteiger partial charge in [0.2, 0.25) is 0 Å². The molecule has 0 amide bonds. The fourth-order valence-electron chi connectivity index (χ4n) is 2.81. The average molecular weight is 225 g/mol. The number of nitrogens with zero attached hydrogens (tertiary/aromatic N) is 1. The Labute approximate surface area is 103 Å². The zero-order chi connectivity index (χ0) is 11.8. The first-order valence-corrected chi connectivity index (χ1v) is 6.67.